The topological polar surface area (TPSA) is 105 Å². The van der Waals surface area contributed by atoms with E-state index in [0.717, 1.165) is 29.8 Å². The molecule has 3 aromatic rings. The Morgan fingerprint density at radius 1 is 1.22 bits per heavy atom. The van der Waals surface area contributed by atoms with Crippen molar-refractivity contribution in [1.82, 2.24) is 15.1 Å². The zero-order chi connectivity index (χ0) is 25.5. The Balaban J connectivity index is 1.65. The fourth-order valence-corrected chi connectivity index (χ4v) is 6.62. The molecule has 1 atom stereocenters. The predicted molar refractivity (Wildman–Crippen MR) is 143 cm³/mol. The number of nitrogens with zero attached hydrogens (tertiary/aromatic N) is 3. The molecule has 36 heavy (non-hydrogen) atoms. The number of thioether (sulfide) groups is 1. The Kier molecular flexibility index (Phi) is 8.28. The average molecular weight is 521 g/mol. The van der Waals surface area contributed by atoms with Gasteiger partial charge < -0.3 is 5.32 Å². The fourth-order valence-electron chi connectivity index (χ4n) is 3.95. The van der Waals surface area contributed by atoms with Crippen molar-refractivity contribution in [1.29, 1.82) is 5.26 Å². The summed E-state index contributed by atoms with van der Waals surface area (Å²) in [7, 11) is -3.15. The molecule has 0 unspecified atom stereocenters. The van der Waals surface area contributed by atoms with E-state index in [9.17, 15) is 18.5 Å². The van der Waals surface area contributed by atoms with Gasteiger partial charge in [-0.3, -0.25) is 4.79 Å². The van der Waals surface area contributed by atoms with Gasteiger partial charge >= 0.3 is 0 Å². The van der Waals surface area contributed by atoms with Crippen LogP contribution in [0.3, 0.4) is 0 Å². The summed E-state index contributed by atoms with van der Waals surface area (Å²) in [6.07, 6.45) is 5.98. The van der Waals surface area contributed by atoms with Gasteiger partial charge in [0.25, 0.3) is 5.91 Å². The van der Waals surface area contributed by atoms with Crippen LogP contribution in [0.15, 0.2) is 71.3 Å². The molecule has 0 saturated carbocycles. The van der Waals surface area contributed by atoms with Gasteiger partial charge in [-0.1, -0.05) is 43.7 Å². The number of nitriles is 1. The molecule has 9 heteroatoms. The van der Waals surface area contributed by atoms with E-state index in [1.165, 1.54) is 11.0 Å². The van der Waals surface area contributed by atoms with E-state index in [4.69, 9.17) is 5.10 Å². The summed E-state index contributed by atoms with van der Waals surface area (Å²) < 4.78 is 25.2. The molecule has 0 radical (unpaired) electrons. The molecule has 1 aromatic heterocycles. The number of carbonyl (C=O) groups excluding carboxylic acids is 1. The summed E-state index contributed by atoms with van der Waals surface area (Å²) in [5, 5.41) is 17.2. The number of amides is 1. The molecular weight excluding hydrogens is 492 g/mol. The molecule has 1 fully saturated rings. The largest absolute Gasteiger partial charge is 0.348 e. The van der Waals surface area contributed by atoms with E-state index in [-0.39, 0.29) is 17.1 Å². The number of carbonyl (C=O) groups is 1. The summed E-state index contributed by atoms with van der Waals surface area (Å²) in [6.45, 7) is 2.17. The van der Waals surface area contributed by atoms with Crippen LogP contribution in [0.1, 0.15) is 31.7 Å². The summed E-state index contributed by atoms with van der Waals surface area (Å²) in [5.74, 6) is 0.428. The monoisotopic (exact) mass is 520 g/mol. The lowest BCUT2D eigenvalue weighted by atomic mass is 10.1. The van der Waals surface area contributed by atoms with E-state index in [1.54, 1.807) is 10.9 Å². The van der Waals surface area contributed by atoms with Gasteiger partial charge in [0.05, 0.1) is 22.9 Å². The van der Waals surface area contributed by atoms with Gasteiger partial charge in [0.2, 0.25) is 0 Å². The Morgan fingerprint density at radius 2 is 1.97 bits per heavy atom. The van der Waals surface area contributed by atoms with E-state index in [2.05, 4.69) is 24.4 Å². The van der Waals surface area contributed by atoms with Gasteiger partial charge in [-0.05, 0) is 48.9 Å². The molecule has 0 aliphatic carbocycles. The van der Waals surface area contributed by atoms with Crippen LogP contribution in [0.25, 0.3) is 23.0 Å². The van der Waals surface area contributed by atoms with E-state index in [0.29, 0.717) is 17.7 Å². The predicted octanol–water partition coefficient (Wildman–Crippen LogP) is 4.64. The molecule has 0 bridgehead atoms. The standard InChI is InChI=1S/C27H28N4O3S2/c1-2-3-14-35-25-11-9-20(10-12-25)26-22(18-31(30-26)24-7-5-4-6-8-24)16-21(17-28)27(32)29-23-13-15-36(33,34)19-23/h4-12,16,18,23H,2-3,13-15,19H2,1H3,(H,29,32)/b21-16-/t23-/m0/s1. The second-order valence-electron chi connectivity index (χ2n) is 8.68. The highest BCUT2D eigenvalue weighted by atomic mass is 32.2. The van der Waals surface area contributed by atoms with Gasteiger partial charge in [-0.25, -0.2) is 13.1 Å². The van der Waals surface area contributed by atoms with Crippen LogP contribution in [0.2, 0.25) is 0 Å². The Bertz CT molecular complexity index is 1390. The van der Waals surface area contributed by atoms with Gasteiger partial charge in [-0.15, -0.1) is 11.8 Å². The van der Waals surface area contributed by atoms with Crippen molar-refractivity contribution in [2.24, 2.45) is 0 Å². The first kappa shape index (κ1) is 25.7. The van der Waals surface area contributed by atoms with Gasteiger partial charge in [0.1, 0.15) is 11.6 Å². The highest BCUT2D eigenvalue weighted by Crippen LogP contribution is 2.28. The maximum atomic E-state index is 12.8. The second-order valence-corrected chi connectivity index (χ2v) is 12.1. The maximum Gasteiger partial charge on any atom is 0.262 e. The molecule has 1 aliphatic heterocycles. The summed E-state index contributed by atoms with van der Waals surface area (Å²) in [4.78, 5) is 14.0. The zero-order valence-electron chi connectivity index (χ0n) is 20.1. The minimum Gasteiger partial charge on any atom is -0.348 e. The quantitative estimate of drug-likeness (QED) is 0.191. The van der Waals surface area contributed by atoms with Crippen LogP contribution < -0.4 is 5.32 Å². The van der Waals surface area contributed by atoms with Crippen molar-refractivity contribution in [2.45, 2.75) is 37.1 Å². The molecule has 4 rings (SSSR count). The van der Waals surface area contributed by atoms with Crippen LogP contribution in [0.5, 0.6) is 0 Å². The maximum absolute atomic E-state index is 12.8. The first-order valence-electron chi connectivity index (χ1n) is 11.9. The molecule has 1 saturated heterocycles. The molecule has 1 amide bonds. The van der Waals surface area contributed by atoms with Crippen molar-refractivity contribution in [3.8, 4) is 23.0 Å². The number of aromatic nitrogens is 2. The zero-order valence-corrected chi connectivity index (χ0v) is 21.7. The first-order valence-corrected chi connectivity index (χ1v) is 14.7. The molecule has 186 valence electrons. The van der Waals surface area contributed by atoms with Gasteiger partial charge in [-0.2, -0.15) is 10.4 Å². The van der Waals surface area contributed by atoms with Crippen molar-refractivity contribution < 1.29 is 13.2 Å². The lowest BCUT2D eigenvalue weighted by Crippen LogP contribution is -2.36. The van der Waals surface area contributed by atoms with Crippen LogP contribution in [0, 0.1) is 11.3 Å². The van der Waals surface area contributed by atoms with Gasteiger partial charge in [0, 0.05) is 28.3 Å². The minimum atomic E-state index is -3.15. The summed E-state index contributed by atoms with van der Waals surface area (Å²) >= 11 is 1.81. The minimum absolute atomic E-state index is 0.0459. The second kappa shape index (κ2) is 11.6. The number of benzene rings is 2. The molecular formula is C27H28N4O3S2. The van der Waals surface area contributed by atoms with Crippen LogP contribution in [-0.2, 0) is 14.6 Å². The van der Waals surface area contributed by atoms with E-state index >= 15 is 0 Å². The third-order valence-electron chi connectivity index (χ3n) is 5.89. The Labute approximate surface area is 216 Å². The molecule has 2 heterocycles. The number of hydrogen-bond donors (Lipinski definition) is 1. The lowest BCUT2D eigenvalue weighted by Gasteiger charge is -2.10. The molecule has 7 nitrogen and oxygen atoms in total. The smallest absolute Gasteiger partial charge is 0.262 e. The van der Waals surface area contributed by atoms with Gasteiger partial charge in [0.15, 0.2) is 9.84 Å². The summed E-state index contributed by atoms with van der Waals surface area (Å²) in [5.41, 5.74) is 2.89. The Hall–Kier alpha value is -3.35. The number of hydrogen-bond acceptors (Lipinski definition) is 6. The van der Waals surface area contributed by atoms with Crippen molar-refractivity contribution in [3.63, 3.8) is 0 Å². The van der Waals surface area contributed by atoms with E-state index in [1.807, 2.05) is 60.3 Å². The number of sulfone groups is 1. The highest BCUT2D eigenvalue weighted by Gasteiger charge is 2.29. The molecule has 2 aromatic carbocycles. The highest BCUT2D eigenvalue weighted by molar-refractivity contribution is 7.99. The number of nitrogens with one attached hydrogen (secondary N) is 1. The third-order valence-corrected chi connectivity index (χ3v) is 8.76. The lowest BCUT2D eigenvalue weighted by molar-refractivity contribution is -0.117. The first-order chi connectivity index (χ1) is 17.4. The third kappa shape index (κ3) is 6.45. The molecule has 0 spiro atoms. The SMILES string of the molecule is CCCCSc1ccc(-c2nn(-c3ccccc3)cc2/C=C(/C#N)C(=O)N[C@H]2CCS(=O)(=O)C2)cc1. The van der Waals surface area contributed by atoms with Crippen LogP contribution >= 0.6 is 11.8 Å². The van der Waals surface area contributed by atoms with E-state index < -0.39 is 21.8 Å². The number of unbranched alkanes of at least 4 members (excludes halogenated alkanes) is 1. The van der Waals surface area contributed by atoms with Crippen molar-refractivity contribution >= 4 is 33.6 Å². The van der Waals surface area contributed by atoms with Crippen LogP contribution in [-0.4, -0.2) is 47.4 Å². The summed E-state index contributed by atoms with van der Waals surface area (Å²) in [6, 6.07) is 19.2. The number of rotatable bonds is 9. The Morgan fingerprint density at radius 3 is 2.61 bits per heavy atom. The fraction of sp³-hybridized carbons (Fsp3) is 0.296. The average Bonchev–Trinajstić information content (AvgIpc) is 3.46. The van der Waals surface area contributed by atoms with Crippen molar-refractivity contribution in [2.75, 3.05) is 17.3 Å². The normalized spacial score (nSPS) is 17.0. The molecule has 1 N–H and O–H groups in total. The van der Waals surface area contributed by atoms with Crippen LogP contribution in [0.4, 0.5) is 0 Å². The van der Waals surface area contributed by atoms with Crippen molar-refractivity contribution in [3.05, 3.63) is 71.9 Å². The molecule has 1 aliphatic rings. The number of para-hydroxylation sites is 1.